The van der Waals surface area contributed by atoms with Crippen molar-refractivity contribution in [2.45, 2.75) is 63.7 Å². The Balaban J connectivity index is 2.56. The van der Waals surface area contributed by atoms with E-state index in [1.165, 1.54) is 25.7 Å². The lowest BCUT2D eigenvalue weighted by Gasteiger charge is -2.36. The molecule has 0 bridgehead atoms. The number of methoxy groups -OCH3 is 1. The number of ether oxygens (including phenoxy) is 1. The summed E-state index contributed by atoms with van der Waals surface area (Å²) >= 11 is 0. The van der Waals surface area contributed by atoms with Crippen molar-refractivity contribution in [3.8, 4) is 0 Å². The van der Waals surface area contributed by atoms with E-state index in [9.17, 15) is 4.21 Å². The molecule has 0 aromatic rings. The summed E-state index contributed by atoms with van der Waals surface area (Å²) in [6.07, 6.45) is 7.30. The van der Waals surface area contributed by atoms with Gasteiger partial charge in [0.15, 0.2) is 0 Å². The van der Waals surface area contributed by atoms with E-state index in [2.05, 4.69) is 19.2 Å². The smallest absolute Gasteiger partial charge is 0.0577 e. The molecule has 0 aliphatic heterocycles. The van der Waals surface area contributed by atoms with Crippen molar-refractivity contribution in [1.82, 2.24) is 5.32 Å². The average Bonchev–Trinajstić information content (AvgIpc) is 2.43. The molecule has 4 atom stereocenters. The molecule has 19 heavy (non-hydrogen) atoms. The number of hydrogen-bond donors (Lipinski definition) is 1. The van der Waals surface area contributed by atoms with Gasteiger partial charge >= 0.3 is 0 Å². The summed E-state index contributed by atoms with van der Waals surface area (Å²) in [5.41, 5.74) is 0. The van der Waals surface area contributed by atoms with Crippen molar-refractivity contribution in [1.29, 1.82) is 0 Å². The second-order valence-electron chi connectivity index (χ2n) is 5.64. The molecule has 4 heteroatoms. The van der Waals surface area contributed by atoms with E-state index >= 15 is 0 Å². The third kappa shape index (κ3) is 5.92. The monoisotopic (exact) mass is 289 g/mol. The zero-order chi connectivity index (χ0) is 14.1. The van der Waals surface area contributed by atoms with E-state index in [4.69, 9.17) is 4.74 Å². The molecule has 3 nitrogen and oxygen atoms in total. The van der Waals surface area contributed by atoms with Crippen LogP contribution in [-0.2, 0) is 15.5 Å². The predicted octanol–water partition coefficient (Wildman–Crippen LogP) is 2.72. The van der Waals surface area contributed by atoms with Crippen molar-refractivity contribution in [3.63, 3.8) is 0 Å². The molecule has 4 unspecified atom stereocenters. The first kappa shape index (κ1) is 17.1. The van der Waals surface area contributed by atoms with Gasteiger partial charge < -0.3 is 10.1 Å². The van der Waals surface area contributed by atoms with Crippen LogP contribution in [-0.4, -0.2) is 41.5 Å². The van der Waals surface area contributed by atoms with Gasteiger partial charge in [-0.25, -0.2) is 0 Å². The maximum absolute atomic E-state index is 12.5. The lowest BCUT2D eigenvalue weighted by molar-refractivity contribution is 0.217. The Kier molecular flexibility index (Phi) is 8.92. The maximum atomic E-state index is 12.5. The zero-order valence-electron chi connectivity index (χ0n) is 12.8. The van der Waals surface area contributed by atoms with Gasteiger partial charge in [-0.3, -0.25) is 4.21 Å². The van der Waals surface area contributed by atoms with Crippen LogP contribution in [0.5, 0.6) is 0 Å². The highest BCUT2D eigenvalue weighted by molar-refractivity contribution is 7.85. The molecule has 1 N–H and O–H groups in total. The first-order valence-corrected chi connectivity index (χ1v) is 9.20. The van der Waals surface area contributed by atoms with Gasteiger partial charge in [0.25, 0.3) is 0 Å². The summed E-state index contributed by atoms with van der Waals surface area (Å²) in [7, 11) is 0.934. The Hall–Kier alpha value is 0.0700. The first-order chi connectivity index (χ1) is 9.22. The first-order valence-electron chi connectivity index (χ1n) is 7.82. The fourth-order valence-electron chi connectivity index (χ4n) is 3.05. The normalized spacial score (nSPS) is 29.3. The van der Waals surface area contributed by atoms with E-state index in [-0.39, 0.29) is 0 Å². The summed E-state index contributed by atoms with van der Waals surface area (Å²) in [4.78, 5) is 0. The Labute approximate surface area is 121 Å². The lowest BCUT2D eigenvalue weighted by atomic mass is 9.83. The highest BCUT2D eigenvalue weighted by Crippen LogP contribution is 2.31. The Morgan fingerprint density at radius 1 is 1.26 bits per heavy atom. The molecule has 1 fully saturated rings. The van der Waals surface area contributed by atoms with Crippen molar-refractivity contribution in [3.05, 3.63) is 0 Å². The molecule has 1 aliphatic carbocycles. The van der Waals surface area contributed by atoms with Gasteiger partial charge in [-0.05, 0) is 38.1 Å². The minimum absolute atomic E-state index is 0.326. The van der Waals surface area contributed by atoms with Crippen molar-refractivity contribution < 1.29 is 8.95 Å². The standard InChI is InChI=1S/C15H31NO2S/c1-4-6-13-7-8-14(16-9-5-2)15(12-13)19(17)11-10-18-3/h13-16H,4-12H2,1-3H3. The van der Waals surface area contributed by atoms with Crippen LogP contribution in [0.3, 0.4) is 0 Å². The molecule has 0 radical (unpaired) electrons. The molecular weight excluding hydrogens is 258 g/mol. The third-order valence-corrected chi connectivity index (χ3v) is 5.85. The molecule has 1 rings (SSSR count). The second kappa shape index (κ2) is 9.89. The van der Waals surface area contributed by atoms with Gasteiger partial charge in [-0.2, -0.15) is 0 Å². The van der Waals surface area contributed by atoms with Crippen LogP contribution >= 0.6 is 0 Å². The average molecular weight is 289 g/mol. The van der Waals surface area contributed by atoms with Crippen molar-refractivity contribution >= 4 is 10.8 Å². The van der Waals surface area contributed by atoms with E-state index in [1.807, 2.05) is 0 Å². The molecule has 114 valence electrons. The van der Waals surface area contributed by atoms with Crippen LogP contribution in [0.25, 0.3) is 0 Å². The number of nitrogens with one attached hydrogen (secondary N) is 1. The minimum Gasteiger partial charge on any atom is -0.384 e. The summed E-state index contributed by atoms with van der Waals surface area (Å²) < 4.78 is 17.6. The predicted molar refractivity (Wildman–Crippen MR) is 83.0 cm³/mol. The summed E-state index contributed by atoms with van der Waals surface area (Å²) in [6, 6.07) is 0.450. The van der Waals surface area contributed by atoms with Crippen molar-refractivity contribution in [2.24, 2.45) is 5.92 Å². The fraction of sp³-hybridized carbons (Fsp3) is 1.00. The van der Waals surface area contributed by atoms with E-state index in [1.54, 1.807) is 7.11 Å². The van der Waals surface area contributed by atoms with E-state index in [0.717, 1.165) is 25.3 Å². The maximum Gasteiger partial charge on any atom is 0.0577 e. The zero-order valence-corrected chi connectivity index (χ0v) is 13.6. The summed E-state index contributed by atoms with van der Waals surface area (Å²) in [6.45, 7) is 6.09. The van der Waals surface area contributed by atoms with Gasteiger partial charge in [-0.15, -0.1) is 0 Å². The fourth-order valence-corrected chi connectivity index (χ4v) is 4.77. The van der Waals surface area contributed by atoms with Gasteiger partial charge in [0.1, 0.15) is 0 Å². The van der Waals surface area contributed by atoms with E-state index < -0.39 is 10.8 Å². The van der Waals surface area contributed by atoms with Gasteiger partial charge in [-0.1, -0.05) is 26.7 Å². The lowest BCUT2D eigenvalue weighted by Crippen LogP contribution is -2.47. The van der Waals surface area contributed by atoms with E-state index in [0.29, 0.717) is 23.7 Å². The number of rotatable bonds is 9. The molecule has 0 heterocycles. The molecule has 0 saturated heterocycles. The Morgan fingerprint density at radius 2 is 2.05 bits per heavy atom. The van der Waals surface area contributed by atoms with Gasteiger partial charge in [0.05, 0.1) is 11.9 Å². The Morgan fingerprint density at radius 3 is 2.68 bits per heavy atom. The second-order valence-corrected chi connectivity index (χ2v) is 7.42. The molecule has 1 saturated carbocycles. The highest BCUT2D eigenvalue weighted by atomic mass is 32.2. The molecule has 0 spiro atoms. The van der Waals surface area contributed by atoms with Gasteiger partial charge in [0.2, 0.25) is 0 Å². The van der Waals surface area contributed by atoms with Crippen LogP contribution in [0.2, 0.25) is 0 Å². The van der Waals surface area contributed by atoms with Crippen LogP contribution in [0.1, 0.15) is 52.4 Å². The molecule has 0 aromatic heterocycles. The molecule has 1 aliphatic rings. The van der Waals surface area contributed by atoms with Crippen LogP contribution in [0, 0.1) is 5.92 Å². The van der Waals surface area contributed by atoms with Crippen molar-refractivity contribution in [2.75, 3.05) is 26.0 Å². The van der Waals surface area contributed by atoms with Crippen LogP contribution < -0.4 is 5.32 Å². The van der Waals surface area contributed by atoms with Crippen LogP contribution in [0.15, 0.2) is 0 Å². The third-order valence-electron chi connectivity index (χ3n) is 4.08. The highest BCUT2D eigenvalue weighted by Gasteiger charge is 2.33. The molecule has 0 amide bonds. The van der Waals surface area contributed by atoms with Crippen LogP contribution in [0.4, 0.5) is 0 Å². The molecule has 0 aromatic carbocycles. The topological polar surface area (TPSA) is 38.3 Å². The largest absolute Gasteiger partial charge is 0.384 e. The SMILES string of the molecule is CCCNC1CCC(CCC)CC1S(=O)CCOC. The number of hydrogen-bond acceptors (Lipinski definition) is 3. The van der Waals surface area contributed by atoms with Gasteiger partial charge in [0, 0.05) is 29.7 Å². The summed E-state index contributed by atoms with van der Waals surface area (Å²) in [5, 5.41) is 3.93. The molecular formula is C15H31NO2S. The quantitative estimate of drug-likeness (QED) is 0.709. The summed E-state index contributed by atoms with van der Waals surface area (Å²) in [5.74, 6) is 1.46. The minimum atomic E-state index is -0.752. The Bertz CT molecular complexity index is 261.